The molecule has 1 aromatic carbocycles. The van der Waals surface area contributed by atoms with Crippen molar-refractivity contribution in [1.82, 2.24) is 9.62 Å². The Morgan fingerprint density at radius 3 is 2.45 bits per heavy atom. The summed E-state index contributed by atoms with van der Waals surface area (Å²) in [7, 11) is -1.69. The van der Waals surface area contributed by atoms with Gasteiger partial charge in [-0.1, -0.05) is 0 Å². The van der Waals surface area contributed by atoms with Crippen LogP contribution in [-0.4, -0.2) is 38.4 Å². The van der Waals surface area contributed by atoms with Gasteiger partial charge in [0.2, 0.25) is 10.0 Å². The van der Waals surface area contributed by atoms with Crippen molar-refractivity contribution in [2.75, 3.05) is 20.1 Å². The number of piperidine rings is 1. The van der Waals surface area contributed by atoms with E-state index in [2.05, 4.69) is 28.2 Å². The third-order valence-corrected chi connectivity index (χ3v) is 6.82. The first-order valence-corrected chi connectivity index (χ1v) is 8.66. The molecule has 20 heavy (non-hydrogen) atoms. The van der Waals surface area contributed by atoms with E-state index in [-0.39, 0.29) is 14.9 Å². The summed E-state index contributed by atoms with van der Waals surface area (Å²) in [6, 6.07) is 3.65. The smallest absolute Gasteiger partial charge is 0.244 e. The molecule has 0 amide bonds. The lowest BCUT2D eigenvalue weighted by atomic mass is 9.91. The molecule has 0 aromatic heterocycles. The Balaban J connectivity index is 2.24. The fourth-order valence-electron chi connectivity index (χ4n) is 2.29. The van der Waals surface area contributed by atoms with Crippen molar-refractivity contribution < 1.29 is 12.8 Å². The summed E-state index contributed by atoms with van der Waals surface area (Å²) in [4.78, 5) is 0.118. The molecule has 1 aliphatic rings. The van der Waals surface area contributed by atoms with E-state index in [0.29, 0.717) is 13.1 Å². The van der Waals surface area contributed by atoms with E-state index in [1.807, 2.05) is 7.05 Å². The number of hydrogen-bond donors (Lipinski definition) is 1. The summed E-state index contributed by atoms with van der Waals surface area (Å²) in [6.07, 6.45) is 1.50. The maximum atomic E-state index is 13.1. The van der Waals surface area contributed by atoms with Gasteiger partial charge in [0.05, 0.1) is 4.90 Å². The molecule has 1 aromatic rings. The Labute approximate surface area is 127 Å². The standard InChI is InChI=1S/C13H18BrFN2O2S/c1-13(16-2)5-7-17(8-6-13)20(18,19)12-4-3-10(15)9-11(12)14/h3-4,9,16H,5-8H2,1-2H3. The monoisotopic (exact) mass is 364 g/mol. The second-order valence-corrected chi connectivity index (χ2v) is 8.05. The molecule has 1 heterocycles. The Kier molecular flexibility index (Phi) is 4.53. The summed E-state index contributed by atoms with van der Waals surface area (Å²) in [5, 5.41) is 3.23. The summed E-state index contributed by atoms with van der Waals surface area (Å²) in [6.45, 7) is 3.01. The first-order chi connectivity index (χ1) is 9.28. The van der Waals surface area contributed by atoms with E-state index < -0.39 is 15.8 Å². The maximum Gasteiger partial charge on any atom is 0.244 e. The number of nitrogens with one attached hydrogen (secondary N) is 1. The van der Waals surface area contributed by atoms with E-state index in [0.717, 1.165) is 12.8 Å². The maximum absolute atomic E-state index is 13.1. The lowest BCUT2D eigenvalue weighted by Gasteiger charge is -2.38. The van der Waals surface area contributed by atoms with Gasteiger partial charge in [-0.3, -0.25) is 0 Å². The Morgan fingerprint density at radius 1 is 1.35 bits per heavy atom. The third kappa shape index (κ3) is 3.05. The summed E-state index contributed by atoms with van der Waals surface area (Å²) < 4.78 is 39.9. The van der Waals surface area contributed by atoms with E-state index in [9.17, 15) is 12.8 Å². The highest BCUT2D eigenvalue weighted by atomic mass is 79.9. The van der Waals surface area contributed by atoms with Gasteiger partial charge < -0.3 is 5.32 Å². The number of benzene rings is 1. The predicted molar refractivity (Wildman–Crippen MR) is 79.6 cm³/mol. The minimum absolute atomic E-state index is 0.0218. The molecule has 0 spiro atoms. The van der Waals surface area contributed by atoms with Crippen LogP contribution in [0.4, 0.5) is 4.39 Å². The lowest BCUT2D eigenvalue weighted by Crippen LogP contribution is -2.51. The molecule has 0 radical (unpaired) electrons. The van der Waals surface area contributed by atoms with Gasteiger partial charge >= 0.3 is 0 Å². The number of nitrogens with zero attached hydrogens (tertiary/aromatic N) is 1. The average molecular weight is 365 g/mol. The molecule has 7 heteroatoms. The van der Waals surface area contributed by atoms with Crippen LogP contribution in [0.1, 0.15) is 19.8 Å². The van der Waals surface area contributed by atoms with E-state index in [4.69, 9.17) is 0 Å². The Bertz CT molecular complexity index is 598. The van der Waals surface area contributed by atoms with Crippen molar-refractivity contribution in [2.45, 2.75) is 30.2 Å². The Morgan fingerprint density at radius 2 is 1.95 bits per heavy atom. The highest BCUT2D eigenvalue weighted by Crippen LogP contribution is 2.30. The zero-order valence-electron chi connectivity index (χ0n) is 11.5. The second-order valence-electron chi connectivity index (χ2n) is 5.29. The molecule has 0 unspecified atom stereocenters. The predicted octanol–water partition coefficient (Wildman–Crippen LogP) is 2.35. The van der Waals surface area contributed by atoms with Crippen LogP contribution < -0.4 is 5.32 Å². The fourth-order valence-corrected chi connectivity index (χ4v) is 4.74. The van der Waals surface area contributed by atoms with E-state index >= 15 is 0 Å². The van der Waals surface area contributed by atoms with Gasteiger partial charge in [0, 0.05) is 23.1 Å². The molecule has 112 valence electrons. The van der Waals surface area contributed by atoms with Gasteiger partial charge in [-0.15, -0.1) is 0 Å². The topological polar surface area (TPSA) is 49.4 Å². The number of hydrogen-bond acceptors (Lipinski definition) is 3. The van der Waals surface area contributed by atoms with Crippen LogP contribution in [0.25, 0.3) is 0 Å². The van der Waals surface area contributed by atoms with Crippen LogP contribution in [0, 0.1) is 5.82 Å². The van der Waals surface area contributed by atoms with Crippen LogP contribution in [0.2, 0.25) is 0 Å². The minimum Gasteiger partial charge on any atom is -0.314 e. The van der Waals surface area contributed by atoms with Gasteiger partial charge in [0.1, 0.15) is 5.82 Å². The molecule has 0 bridgehead atoms. The summed E-state index contributed by atoms with van der Waals surface area (Å²) >= 11 is 3.13. The number of halogens is 2. The molecule has 0 saturated carbocycles. The minimum atomic E-state index is -3.58. The van der Waals surface area contributed by atoms with Crippen molar-refractivity contribution in [3.63, 3.8) is 0 Å². The quantitative estimate of drug-likeness (QED) is 0.895. The zero-order chi connectivity index (χ0) is 15.0. The van der Waals surface area contributed by atoms with Gasteiger partial charge in [0.25, 0.3) is 0 Å². The highest BCUT2D eigenvalue weighted by molar-refractivity contribution is 9.10. The van der Waals surface area contributed by atoms with Gasteiger partial charge in [-0.2, -0.15) is 4.31 Å². The molecule has 1 N–H and O–H groups in total. The first kappa shape index (κ1) is 15.9. The highest BCUT2D eigenvalue weighted by Gasteiger charge is 2.35. The Hall–Kier alpha value is -0.500. The van der Waals surface area contributed by atoms with Crippen molar-refractivity contribution in [1.29, 1.82) is 0 Å². The van der Waals surface area contributed by atoms with Crippen molar-refractivity contribution in [3.05, 3.63) is 28.5 Å². The van der Waals surface area contributed by atoms with Gasteiger partial charge in [-0.05, 0) is 60.9 Å². The molecule has 1 saturated heterocycles. The van der Waals surface area contributed by atoms with E-state index in [1.165, 1.54) is 22.5 Å². The molecule has 2 rings (SSSR count). The van der Waals surface area contributed by atoms with Gasteiger partial charge in [0.15, 0.2) is 0 Å². The zero-order valence-corrected chi connectivity index (χ0v) is 13.9. The summed E-state index contributed by atoms with van der Waals surface area (Å²) in [5.41, 5.74) is -0.0218. The van der Waals surface area contributed by atoms with Crippen LogP contribution >= 0.6 is 15.9 Å². The van der Waals surface area contributed by atoms with Crippen LogP contribution in [0.3, 0.4) is 0 Å². The number of sulfonamides is 1. The third-order valence-electron chi connectivity index (χ3n) is 3.94. The average Bonchev–Trinajstić information content (AvgIpc) is 2.39. The van der Waals surface area contributed by atoms with E-state index in [1.54, 1.807) is 0 Å². The molecule has 1 aliphatic heterocycles. The SMILES string of the molecule is CNC1(C)CCN(S(=O)(=O)c2ccc(F)cc2Br)CC1. The lowest BCUT2D eigenvalue weighted by molar-refractivity contribution is 0.219. The van der Waals surface area contributed by atoms with Crippen molar-refractivity contribution >= 4 is 26.0 Å². The molecular formula is C13H18BrFN2O2S. The largest absolute Gasteiger partial charge is 0.314 e. The molecule has 0 aliphatic carbocycles. The van der Waals surface area contributed by atoms with Crippen LogP contribution in [0.15, 0.2) is 27.6 Å². The molecular weight excluding hydrogens is 347 g/mol. The van der Waals surface area contributed by atoms with Gasteiger partial charge in [-0.25, -0.2) is 12.8 Å². The van der Waals surface area contributed by atoms with Crippen molar-refractivity contribution in [3.8, 4) is 0 Å². The van der Waals surface area contributed by atoms with Crippen LogP contribution in [0.5, 0.6) is 0 Å². The second kappa shape index (κ2) is 5.71. The molecule has 0 atom stereocenters. The normalized spacial score (nSPS) is 20.0. The van der Waals surface area contributed by atoms with Crippen LogP contribution in [-0.2, 0) is 10.0 Å². The van der Waals surface area contributed by atoms with Crippen molar-refractivity contribution in [2.24, 2.45) is 0 Å². The molecule has 1 fully saturated rings. The first-order valence-electron chi connectivity index (χ1n) is 6.43. The summed E-state index contributed by atoms with van der Waals surface area (Å²) in [5.74, 6) is -0.461. The molecule has 4 nitrogen and oxygen atoms in total. The fraction of sp³-hybridized carbons (Fsp3) is 0.538. The number of rotatable bonds is 3.